The lowest BCUT2D eigenvalue weighted by atomic mass is 9.96. The second-order valence-corrected chi connectivity index (χ2v) is 27.0. The molecule has 498 valence electrons. The van der Waals surface area contributed by atoms with Crippen molar-refractivity contribution in [2.75, 3.05) is 26.4 Å². The van der Waals surface area contributed by atoms with Crippen LogP contribution in [0.5, 0.6) is 23.0 Å². The minimum atomic E-state index is 0.438. The van der Waals surface area contributed by atoms with Crippen LogP contribution < -0.4 is 18.9 Å². The van der Waals surface area contributed by atoms with E-state index in [1.165, 1.54) is 128 Å². The summed E-state index contributed by atoms with van der Waals surface area (Å²) in [5, 5.41) is 3.46. The normalized spacial score (nSPS) is 13.3. The highest BCUT2D eigenvalue weighted by Crippen LogP contribution is 2.45. The van der Waals surface area contributed by atoms with Crippen LogP contribution in [0, 0.1) is 23.7 Å². The first-order chi connectivity index (χ1) is 45.3. The van der Waals surface area contributed by atoms with Gasteiger partial charge in [0.2, 0.25) is 0 Å². The molecule has 4 unspecified atom stereocenters. The van der Waals surface area contributed by atoms with Crippen LogP contribution in [0.2, 0.25) is 0 Å². The molecule has 0 amide bonds. The summed E-state index contributed by atoms with van der Waals surface area (Å²) in [4.78, 5) is 41.0. The minimum absolute atomic E-state index is 0.438. The van der Waals surface area contributed by atoms with Crippen molar-refractivity contribution in [2.24, 2.45) is 23.7 Å². The minimum Gasteiger partial charge on any atom is -0.493 e. The molecule has 4 atom stereocenters. The number of hydrogen-bond donors (Lipinski definition) is 2. The van der Waals surface area contributed by atoms with E-state index in [-0.39, 0.29) is 0 Å². The van der Waals surface area contributed by atoms with Crippen LogP contribution >= 0.6 is 0 Å². The Labute approximate surface area is 552 Å². The van der Waals surface area contributed by atoms with Gasteiger partial charge < -0.3 is 28.9 Å². The fraction of sp³-hybridized carbons (Fsp3) is 0.600. The van der Waals surface area contributed by atoms with E-state index >= 15 is 0 Å². The van der Waals surface area contributed by atoms with Gasteiger partial charge in [-0.05, 0) is 99.3 Å². The van der Waals surface area contributed by atoms with E-state index in [1.807, 2.05) is 0 Å². The largest absolute Gasteiger partial charge is 0.493 e. The molecule has 12 heteroatoms. The van der Waals surface area contributed by atoms with Crippen molar-refractivity contribution in [3.8, 4) is 68.5 Å². The molecule has 8 bridgehead atoms. The van der Waals surface area contributed by atoms with Crippen molar-refractivity contribution in [1.82, 2.24) is 39.9 Å². The van der Waals surface area contributed by atoms with E-state index in [4.69, 9.17) is 48.9 Å². The van der Waals surface area contributed by atoms with Gasteiger partial charge in [-0.3, -0.25) is 0 Å². The summed E-state index contributed by atoms with van der Waals surface area (Å²) >= 11 is 0. The zero-order valence-electron chi connectivity index (χ0n) is 58.0. The summed E-state index contributed by atoms with van der Waals surface area (Å²) in [6, 6.07) is 25.2. The van der Waals surface area contributed by atoms with Crippen LogP contribution in [0.25, 0.3) is 89.7 Å². The number of hydrogen-bond acceptors (Lipinski definition) is 10. The summed E-state index contributed by atoms with van der Waals surface area (Å²) < 4.78 is 28.3. The van der Waals surface area contributed by atoms with Crippen molar-refractivity contribution in [3.05, 3.63) is 72.8 Å². The molecule has 2 aliphatic rings. The molecule has 92 heavy (non-hydrogen) atoms. The molecule has 0 fully saturated rings. The van der Waals surface area contributed by atoms with Crippen molar-refractivity contribution >= 4 is 44.1 Å². The molecule has 5 heterocycles. The number of aromatic nitrogens is 8. The Morgan fingerprint density at radius 1 is 0.283 bits per heavy atom. The predicted octanol–water partition coefficient (Wildman–Crippen LogP) is 23.5. The average Bonchev–Trinajstić information content (AvgIpc) is 1.61. The van der Waals surface area contributed by atoms with Gasteiger partial charge in [-0.15, -0.1) is 0 Å². The van der Waals surface area contributed by atoms with E-state index in [2.05, 4.69) is 138 Å². The third-order valence-corrected chi connectivity index (χ3v) is 19.4. The molecule has 2 N–H and O–H groups in total. The monoisotopic (exact) mass is 1250 g/mol. The van der Waals surface area contributed by atoms with E-state index in [0.717, 1.165) is 144 Å². The fourth-order valence-corrected chi connectivity index (χ4v) is 13.8. The highest BCUT2D eigenvalue weighted by Gasteiger charge is 2.29. The number of benzene rings is 4. The molecule has 9 rings (SSSR count). The lowest BCUT2D eigenvalue weighted by Gasteiger charge is -2.19. The Kier molecular flexibility index (Phi) is 28.3. The fourth-order valence-electron chi connectivity index (χ4n) is 13.8. The average molecular weight is 1250 g/mol. The van der Waals surface area contributed by atoms with Crippen LogP contribution in [-0.2, 0) is 0 Å². The Morgan fingerprint density at radius 3 is 0.891 bits per heavy atom. The number of nitrogens with zero attached hydrogens (tertiary/aromatic N) is 6. The topological polar surface area (TPSA) is 146 Å². The molecule has 4 aromatic carbocycles. The molecule has 0 aliphatic carbocycles. The molecule has 3 aromatic heterocycles. The van der Waals surface area contributed by atoms with Gasteiger partial charge in [-0.2, -0.15) is 0 Å². The lowest BCUT2D eigenvalue weighted by molar-refractivity contribution is 0.226. The van der Waals surface area contributed by atoms with Gasteiger partial charge in [0.15, 0.2) is 23.3 Å². The maximum atomic E-state index is 7.09. The molecular weight excluding hydrogens is 1140 g/mol. The molecule has 0 saturated heterocycles. The number of unbranched alkanes of at least 4 members (excludes halogenated alkanes) is 16. The van der Waals surface area contributed by atoms with E-state index in [9.17, 15) is 0 Å². The zero-order valence-corrected chi connectivity index (χ0v) is 58.0. The number of rotatable bonds is 44. The number of H-pyrrole nitrogens is 2. The first kappa shape index (κ1) is 69.8. The quantitative estimate of drug-likeness (QED) is 0.0354. The smallest absolute Gasteiger partial charge is 0.168 e. The second-order valence-electron chi connectivity index (χ2n) is 27.0. The van der Waals surface area contributed by atoms with Crippen LogP contribution in [0.15, 0.2) is 72.8 Å². The number of ether oxygens (including phenoxy) is 4. The summed E-state index contributed by atoms with van der Waals surface area (Å²) in [6.45, 7) is 20.8. The third kappa shape index (κ3) is 18.9. The number of aromatic amines is 2. The van der Waals surface area contributed by atoms with Gasteiger partial charge in [0, 0.05) is 21.9 Å². The van der Waals surface area contributed by atoms with Crippen LogP contribution in [0.3, 0.4) is 0 Å². The summed E-state index contributed by atoms with van der Waals surface area (Å²) in [6.07, 6.45) is 38.3. The molecule has 2 aliphatic heterocycles. The molecule has 7 aromatic rings. The molecule has 12 nitrogen and oxygen atoms in total. The third-order valence-electron chi connectivity index (χ3n) is 19.4. The first-order valence-electron chi connectivity index (χ1n) is 37.2. The van der Waals surface area contributed by atoms with Gasteiger partial charge in [0.1, 0.15) is 45.6 Å². The zero-order chi connectivity index (χ0) is 64.3. The lowest BCUT2D eigenvalue weighted by Crippen LogP contribution is -2.13. The highest BCUT2D eigenvalue weighted by molar-refractivity contribution is 6.10. The Hall–Kier alpha value is -6.56. The molecule has 0 radical (unpaired) electrons. The van der Waals surface area contributed by atoms with Crippen LogP contribution in [0.4, 0.5) is 0 Å². The van der Waals surface area contributed by atoms with Gasteiger partial charge in [-0.25, -0.2) is 29.9 Å². The molecule has 0 saturated carbocycles. The number of nitrogens with one attached hydrogen (secondary N) is 2. The Bertz CT molecular complexity index is 3310. The van der Waals surface area contributed by atoms with Crippen molar-refractivity contribution in [3.63, 3.8) is 0 Å². The Morgan fingerprint density at radius 2 is 0.565 bits per heavy atom. The number of fused-ring (bicyclic) bond motifs is 20. The van der Waals surface area contributed by atoms with E-state index in [1.54, 1.807) is 0 Å². The van der Waals surface area contributed by atoms with Gasteiger partial charge in [0.05, 0.1) is 48.3 Å². The summed E-state index contributed by atoms with van der Waals surface area (Å²) in [7, 11) is 0. The van der Waals surface area contributed by atoms with E-state index in [0.29, 0.717) is 96.0 Å². The van der Waals surface area contributed by atoms with Crippen LogP contribution in [-0.4, -0.2) is 66.3 Å². The highest BCUT2D eigenvalue weighted by atomic mass is 16.5. The maximum absolute atomic E-state index is 7.09. The summed E-state index contributed by atoms with van der Waals surface area (Å²) in [5.41, 5.74) is 5.80. The van der Waals surface area contributed by atoms with Crippen molar-refractivity contribution < 1.29 is 18.9 Å². The second kappa shape index (κ2) is 37.4. The van der Waals surface area contributed by atoms with E-state index < -0.39 is 0 Å². The summed E-state index contributed by atoms with van der Waals surface area (Å²) in [5.74, 6) is 6.89. The van der Waals surface area contributed by atoms with Gasteiger partial charge >= 0.3 is 0 Å². The van der Waals surface area contributed by atoms with Gasteiger partial charge in [-0.1, -0.05) is 258 Å². The van der Waals surface area contributed by atoms with Crippen molar-refractivity contribution in [1.29, 1.82) is 0 Å². The predicted molar refractivity (Wildman–Crippen MR) is 385 cm³/mol. The SMILES string of the molecule is CCCCCCC(CCCC)COc1cccc2c1-c1nc-2nc2[nH]c(nc3nc(nc4[nH]c(n1)c1cccc(OCC(CCCC)CCCCCC)c41)-c1cccc(OCC(CCCC)CCCCCC)c1-3)c1cccc(OCC(CCCC)CCCCCC)c21. The first-order valence-corrected chi connectivity index (χ1v) is 37.2. The molecular formula is C80H114N8O4. The van der Waals surface area contributed by atoms with Crippen molar-refractivity contribution in [2.45, 2.75) is 261 Å². The van der Waals surface area contributed by atoms with Gasteiger partial charge in [0.25, 0.3) is 0 Å². The maximum Gasteiger partial charge on any atom is 0.168 e. The van der Waals surface area contributed by atoms with Crippen LogP contribution in [0.1, 0.15) is 261 Å². The Balaban J connectivity index is 1.28. The molecule has 0 spiro atoms. The standard InChI is InChI=1S/C80H114N8O4/c1-9-17-25-29-41-57(37-21-13-5)53-89-65-49-33-45-61-69(65)77-81-73(61)86-78-71-63(47-35-51-67(71)91-55-59(39-23-15-7)43-31-27-19-11-3)75(83-78)88-80-72-64(48-36-52-68(72)92-56-60(40-24-16-8)44-32-28-20-12-4)76(84-80)87-79-70-62(74(82-79)85-77)46-34-50-66(70)90-54-58(38-22-14-6)42-30-26-18-10-2/h33-36,45-52,57-60H,9-32,37-44,53-56H2,1-8H3,(H2,81,82,83,84,85,86,87,88).